The number of rotatable bonds is 6. The quantitative estimate of drug-likeness (QED) is 0.849. The van der Waals surface area contributed by atoms with Crippen molar-refractivity contribution < 1.29 is 4.39 Å². The van der Waals surface area contributed by atoms with E-state index in [1.807, 2.05) is 6.07 Å². The van der Waals surface area contributed by atoms with Gasteiger partial charge in [-0.3, -0.25) is 0 Å². The molecule has 2 aliphatic rings. The van der Waals surface area contributed by atoms with Crippen LogP contribution in [0.25, 0.3) is 0 Å². The van der Waals surface area contributed by atoms with Crippen molar-refractivity contribution in [1.29, 1.82) is 0 Å². The Morgan fingerprint density at radius 3 is 2.60 bits per heavy atom. The Kier molecular flexibility index (Phi) is 4.25. The van der Waals surface area contributed by atoms with E-state index in [4.69, 9.17) is 0 Å². The molecule has 0 radical (unpaired) electrons. The molecule has 0 spiro atoms. The second-order valence-corrected chi connectivity index (χ2v) is 6.15. The van der Waals surface area contributed by atoms with E-state index in [0.29, 0.717) is 12.1 Å². The normalized spacial score (nSPS) is 19.5. The third-order valence-corrected chi connectivity index (χ3v) is 4.62. The van der Waals surface area contributed by atoms with Gasteiger partial charge >= 0.3 is 0 Å². The Morgan fingerprint density at radius 2 is 1.95 bits per heavy atom. The summed E-state index contributed by atoms with van der Waals surface area (Å²) in [6.45, 7) is 4.01. The predicted octanol–water partition coefficient (Wildman–Crippen LogP) is 3.85. The summed E-state index contributed by atoms with van der Waals surface area (Å²) in [5.74, 6) is -0.121. The molecule has 110 valence electrons. The van der Waals surface area contributed by atoms with Crippen LogP contribution in [0.3, 0.4) is 0 Å². The maximum absolute atomic E-state index is 13.6. The highest BCUT2D eigenvalue weighted by molar-refractivity contribution is 5.55. The van der Waals surface area contributed by atoms with Crippen molar-refractivity contribution in [2.45, 2.75) is 64.1 Å². The van der Waals surface area contributed by atoms with E-state index in [0.717, 1.165) is 18.7 Å². The van der Waals surface area contributed by atoms with Gasteiger partial charge in [0.25, 0.3) is 0 Å². The fourth-order valence-electron chi connectivity index (χ4n) is 3.36. The lowest BCUT2D eigenvalue weighted by Gasteiger charge is -2.32. The average molecular weight is 276 g/mol. The van der Waals surface area contributed by atoms with Crippen molar-refractivity contribution in [1.82, 2.24) is 5.32 Å². The first kappa shape index (κ1) is 13.9. The predicted molar refractivity (Wildman–Crippen MR) is 81.5 cm³/mol. The number of nitrogens with one attached hydrogen (secondary N) is 1. The Morgan fingerprint density at radius 1 is 1.20 bits per heavy atom. The van der Waals surface area contributed by atoms with E-state index < -0.39 is 0 Å². The van der Waals surface area contributed by atoms with E-state index in [1.165, 1.54) is 44.2 Å². The Balaban J connectivity index is 1.80. The largest absolute Gasteiger partial charge is 0.369 e. The highest BCUT2D eigenvalue weighted by Gasteiger charge is 2.25. The molecule has 0 atom stereocenters. The second kappa shape index (κ2) is 6.13. The van der Waals surface area contributed by atoms with Crippen molar-refractivity contribution in [2.75, 3.05) is 11.4 Å². The van der Waals surface area contributed by atoms with Crippen LogP contribution in [-0.2, 0) is 6.54 Å². The Labute approximate surface area is 121 Å². The molecule has 1 aromatic carbocycles. The number of hydrogen-bond donors (Lipinski definition) is 1. The van der Waals surface area contributed by atoms with Gasteiger partial charge in [0.05, 0.1) is 0 Å². The van der Waals surface area contributed by atoms with Gasteiger partial charge < -0.3 is 10.2 Å². The van der Waals surface area contributed by atoms with E-state index >= 15 is 0 Å². The van der Waals surface area contributed by atoms with E-state index in [2.05, 4.69) is 17.1 Å². The maximum atomic E-state index is 13.6. The average Bonchev–Trinajstić information content (AvgIpc) is 3.13. The van der Waals surface area contributed by atoms with Crippen LogP contribution in [0.2, 0.25) is 0 Å². The van der Waals surface area contributed by atoms with Gasteiger partial charge in [-0.25, -0.2) is 4.39 Å². The molecule has 20 heavy (non-hydrogen) atoms. The zero-order chi connectivity index (χ0) is 13.9. The van der Waals surface area contributed by atoms with Crippen LogP contribution >= 0.6 is 0 Å². The van der Waals surface area contributed by atoms with Crippen molar-refractivity contribution in [3.05, 3.63) is 29.6 Å². The molecule has 0 aliphatic heterocycles. The van der Waals surface area contributed by atoms with Gasteiger partial charge in [-0.15, -0.1) is 0 Å². The molecule has 0 saturated heterocycles. The zero-order valence-corrected chi connectivity index (χ0v) is 12.4. The summed E-state index contributed by atoms with van der Waals surface area (Å²) < 4.78 is 13.6. The summed E-state index contributed by atoms with van der Waals surface area (Å²) in [6, 6.07) is 6.59. The number of anilines is 1. The van der Waals surface area contributed by atoms with Crippen LogP contribution in [0.5, 0.6) is 0 Å². The summed E-state index contributed by atoms with van der Waals surface area (Å²) >= 11 is 0. The highest BCUT2D eigenvalue weighted by atomic mass is 19.1. The molecule has 3 rings (SSSR count). The third-order valence-electron chi connectivity index (χ3n) is 4.62. The molecule has 0 heterocycles. The molecular formula is C17H25FN2. The van der Waals surface area contributed by atoms with Crippen LogP contribution in [0.15, 0.2) is 18.2 Å². The van der Waals surface area contributed by atoms with Crippen LogP contribution in [-0.4, -0.2) is 18.6 Å². The van der Waals surface area contributed by atoms with E-state index in [1.54, 1.807) is 12.1 Å². The van der Waals surface area contributed by atoms with Gasteiger partial charge in [0.15, 0.2) is 0 Å². The first-order valence-corrected chi connectivity index (χ1v) is 8.06. The Bertz CT molecular complexity index is 450. The van der Waals surface area contributed by atoms with Crippen LogP contribution in [0, 0.1) is 5.82 Å². The van der Waals surface area contributed by atoms with Crippen molar-refractivity contribution in [3.63, 3.8) is 0 Å². The lowest BCUT2D eigenvalue weighted by Crippen LogP contribution is -2.34. The Hall–Kier alpha value is -1.09. The minimum absolute atomic E-state index is 0.121. The molecule has 0 unspecified atom stereocenters. The zero-order valence-electron chi connectivity index (χ0n) is 12.4. The minimum atomic E-state index is -0.121. The first-order valence-electron chi connectivity index (χ1n) is 8.06. The van der Waals surface area contributed by atoms with Gasteiger partial charge in [0.2, 0.25) is 0 Å². The maximum Gasteiger partial charge on any atom is 0.123 e. The number of halogens is 1. The van der Waals surface area contributed by atoms with Gasteiger partial charge in [0, 0.05) is 30.9 Å². The number of hydrogen-bond acceptors (Lipinski definition) is 2. The minimum Gasteiger partial charge on any atom is -0.369 e. The van der Waals surface area contributed by atoms with Crippen molar-refractivity contribution in [2.24, 2.45) is 0 Å². The molecule has 0 amide bonds. The molecule has 2 fully saturated rings. The van der Waals surface area contributed by atoms with Gasteiger partial charge in [-0.1, -0.05) is 12.8 Å². The van der Waals surface area contributed by atoms with Crippen LogP contribution in [0.1, 0.15) is 51.0 Å². The molecule has 0 bridgehead atoms. The SMILES string of the molecule is CCN(c1ccc(F)cc1CNC1CC1)C1CCCC1. The fraction of sp³-hybridized carbons (Fsp3) is 0.647. The summed E-state index contributed by atoms with van der Waals surface area (Å²) in [4.78, 5) is 2.48. The molecule has 2 nitrogen and oxygen atoms in total. The molecular weight excluding hydrogens is 251 g/mol. The lowest BCUT2D eigenvalue weighted by molar-refractivity contribution is 0.600. The monoisotopic (exact) mass is 276 g/mol. The number of benzene rings is 1. The first-order chi connectivity index (χ1) is 9.78. The standard InChI is InChI=1S/C17H25FN2/c1-2-20(16-5-3-4-6-16)17-10-7-14(18)11-13(17)12-19-15-8-9-15/h7,10-11,15-16,19H,2-6,8-9,12H2,1H3. The number of nitrogens with zero attached hydrogens (tertiary/aromatic N) is 1. The highest BCUT2D eigenvalue weighted by Crippen LogP contribution is 2.31. The summed E-state index contributed by atoms with van der Waals surface area (Å²) in [7, 11) is 0. The molecule has 1 aromatic rings. The second-order valence-electron chi connectivity index (χ2n) is 6.15. The topological polar surface area (TPSA) is 15.3 Å². The summed E-state index contributed by atoms with van der Waals surface area (Å²) in [5, 5.41) is 3.52. The molecule has 0 aromatic heterocycles. The van der Waals surface area contributed by atoms with E-state index in [9.17, 15) is 4.39 Å². The molecule has 2 saturated carbocycles. The third kappa shape index (κ3) is 3.14. The molecule has 3 heteroatoms. The van der Waals surface area contributed by atoms with Crippen molar-refractivity contribution in [3.8, 4) is 0 Å². The summed E-state index contributed by atoms with van der Waals surface area (Å²) in [6.07, 6.45) is 7.76. The van der Waals surface area contributed by atoms with Gasteiger partial charge in [0.1, 0.15) is 5.82 Å². The van der Waals surface area contributed by atoms with Crippen molar-refractivity contribution >= 4 is 5.69 Å². The fourth-order valence-corrected chi connectivity index (χ4v) is 3.36. The smallest absolute Gasteiger partial charge is 0.123 e. The molecule has 1 N–H and O–H groups in total. The van der Waals surface area contributed by atoms with Gasteiger partial charge in [-0.2, -0.15) is 0 Å². The lowest BCUT2D eigenvalue weighted by atomic mass is 10.1. The summed E-state index contributed by atoms with van der Waals surface area (Å²) in [5.41, 5.74) is 2.35. The van der Waals surface area contributed by atoms with Crippen LogP contribution < -0.4 is 10.2 Å². The molecule has 2 aliphatic carbocycles. The van der Waals surface area contributed by atoms with E-state index in [-0.39, 0.29) is 5.82 Å². The van der Waals surface area contributed by atoms with Crippen LogP contribution in [0.4, 0.5) is 10.1 Å². The van der Waals surface area contributed by atoms with Gasteiger partial charge in [-0.05, 0) is 56.4 Å².